The quantitative estimate of drug-likeness (QED) is 0.575. The molecule has 0 fully saturated rings. The van der Waals surface area contributed by atoms with E-state index in [2.05, 4.69) is 15.6 Å². The van der Waals surface area contributed by atoms with Crippen molar-refractivity contribution >= 4 is 32.5 Å². The Hall–Kier alpha value is -3.01. The van der Waals surface area contributed by atoms with Crippen LogP contribution in [0.2, 0.25) is 0 Å². The standard InChI is InChI=1S/C19H18F3N3O3S/c1-12-17(13-6-2-4-8-15(13)24-12)29(27,28)11-10-23-18(26)25-16-9-5-3-7-14(16)19(20,21)22/h2-9,24H,10-11H2,1H3,(H2,23,25,26). The molecule has 1 heterocycles. The van der Waals surface area contributed by atoms with Gasteiger partial charge in [-0.2, -0.15) is 13.2 Å². The lowest BCUT2D eigenvalue weighted by Gasteiger charge is -2.14. The van der Waals surface area contributed by atoms with Gasteiger partial charge in [-0.3, -0.25) is 0 Å². The van der Waals surface area contributed by atoms with Crippen molar-refractivity contribution in [2.24, 2.45) is 0 Å². The Balaban J connectivity index is 1.67. The number of rotatable bonds is 5. The molecule has 2 aromatic carbocycles. The zero-order chi connectivity index (χ0) is 21.2. The second-order valence-corrected chi connectivity index (χ2v) is 8.41. The number of aromatic nitrogens is 1. The van der Waals surface area contributed by atoms with Crippen molar-refractivity contribution in [2.75, 3.05) is 17.6 Å². The van der Waals surface area contributed by atoms with Gasteiger partial charge in [-0.15, -0.1) is 0 Å². The zero-order valence-electron chi connectivity index (χ0n) is 15.3. The average Bonchev–Trinajstić information content (AvgIpc) is 2.97. The van der Waals surface area contributed by atoms with Crippen LogP contribution in [-0.2, 0) is 16.0 Å². The lowest BCUT2D eigenvalue weighted by Crippen LogP contribution is -2.33. The molecule has 0 atom stereocenters. The monoisotopic (exact) mass is 425 g/mol. The number of urea groups is 1. The van der Waals surface area contributed by atoms with Gasteiger partial charge in [0.25, 0.3) is 0 Å². The molecule has 0 aliphatic rings. The molecule has 2 amide bonds. The van der Waals surface area contributed by atoms with Crippen molar-refractivity contribution in [1.82, 2.24) is 10.3 Å². The fourth-order valence-electron chi connectivity index (χ4n) is 3.06. The number of carbonyl (C=O) groups excluding carboxylic acids is 1. The Kier molecular flexibility index (Phi) is 5.56. The number of carbonyl (C=O) groups is 1. The number of para-hydroxylation sites is 2. The highest BCUT2D eigenvalue weighted by molar-refractivity contribution is 7.91. The van der Waals surface area contributed by atoms with E-state index < -0.39 is 39.0 Å². The van der Waals surface area contributed by atoms with Crippen LogP contribution >= 0.6 is 0 Å². The summed E-state index contributed by atoms with van der Waals surface area (Å²) in [5, 5.41) is 4.95. The Labute approximate surface area is 165 Å². The van der Waals surface area contributed by atoms with Crippen LogP contribution in [0.25, 0.3) is 10.9 Å². The number of hydrogen-bond donors (Lipinski definition) is 3. The molecule has 0 unspecified atom stereocenters. The van der Waals surface area contributed by atoms with E-state index in [-0.39, 0.29) is 11.4 Å². The molecule has 154 valence electrons. The summed E-state index contributed by atoms with van der Waals surface area (Å²) >= 11 is 0. The predicted molar refractivity (Wildman–Crippen MR) is 104 cm³/mol. The summed E-state index contributed by atoms with van der Waals surface area (Å²) < 4.78 is 64.4. The molecule has 0 saturated carbocycles. The van der Waals surface area contributed by atoms with Crippen LogP contribution in [0, 0.1) is 6.92 Å². The molecule has 0 spiro atoms. The first-order valence-corrected chi connectivity index (χ1v) is 10.3. The van der Waals surface area contributed by atoms with E-state index in [4.69, 9.17) is 0 Å². The summed E-state index contributed by atoms with van der Waals surface area (Å²) in [7, 11) is -3.73. The van der Waals surface area contributed by atoms with Crippen LogP contribution in [0.5, 0.6) is 0 Å². The maximum absolute atomic E-state index is 13.0. The van der Waals surface area contributed by atoms with Gasteiger partial charge < -0.3 is 15.6 Å². The number of benzene rings is 2. The Morgan fingerprint density at radius 3 is 2.45 bits per heavy atom. The molecule has 6 nitrogen and oxygen atoms in total. The first-order valence-electron chi connectivity index (χ1n) is 8.61. The maximum Gasteiger partial charge on any atom is 0.418 e. The SMILES string of the molecule is Cc1[nH]c2ccccc2c1S(=O)(=O)CCNC(=O)Nc1ccccc1C(F)(F)F. The highest BCUT2D eigenvalue weighted by atomic mass is 32.2. The number of anilines is 1. The average molecular weight is 425 g/mol. The van der Waals surface area contributed by atoms with Crippen LogP contribution < -0.4 is 10.6 Å². The van der Waals surface area contributed by atoms with Crippen molar-refractivity contribution in [3.8, 4) is 0 Å². The predicted octanol–water partition coefficient (Wildman–Crippen LogP) is 4.09. The Morgan fingerprint density at radius 1 is 1.07 bits per heavy atom. The number of halogens is 3. The topological polar surface area (TPSA) is 91.1 Å². The number of aryl methyl sites for hydroxylation is 1. The number of fused-ring (bicyclic) bond motifs is 1. The number of H-pyrrole nitrogens is 1. The molecule has 1 aromatic heterocycles. The number of aromatic amines is 1. The van der Waals surface area contributed by atoms with Gasteiger partial charge in [-0.1, -0.05) is 30.3 Å². The minimum atomic E-state index is -4.62. The minimum absolute atomic E-state index is 0.151. The third-order valence-corrected chi connectivity index (χ3v) is 6.17. The molecule has 0 radical (unpaired) electrons. The first-order chi connectivity index (χ1) is 13.6. The summed E-state index contributed by atoms with van der Waals surface area (Å²) in [6, 6.07) is 10.5. The highest BCUT2D eigenvalue weighted by Crippen LogP contribution is 2.34. The van der Waals surface area contributed by atoms with Crippen LogP contribution in [0.15, 0.2) is 53.4 Å². The fraction of sp³-hybridized carbons (Fsp3) is 0.211. The van der Waals surface area contributed by atoms with Crippen LogP contribution in [0.4, 0.5) is 23.7 Å². The molecule has 0 aliphatic carbocycles. The number of sulfone groups is 1. The van der Waals surface area contributed by atoms with Crippen molar-refractivity contribution in [2.45, 2.75) is 18.0 Å². The molecule has 0 bridgehead atoms. The fourth-order valence-corrected chi connectivity index (χ4v) is 4.66. The maximum atomic E-state index is 13.0. The molecule has 0 saturated heterocycles. The van der Waals surface area contributed by atoms with Crippen LogP contribution in [0.1, 0.15) is 11.3 Å². The summed E-state index contributed by atoms with van der Waals surface area (Å²) in [6.07, 6.45) is -4.62. The zero-order valence-corrected chi connectivity index (χ0v) is 16.1. The van der Waals surface area contributed by atoms with E-state index in [9.17, 15) is 26.4 Å². The van der Waals surface area contributed by atoms with E-state index in [0.717, 1.165) is 12.1 Å². The summed E-state index contributed by atoms with van der Waals surface area (Å²) in [4.78, 5) is 15.1. The van der Waals surface area contributed by atoms with E-state index in [0.29, 0.717) is 16.6 Å². The molecular weight excluding hydrogens is 407 g/mol. The van der Waals surface area contributed by atoms with Gasteiger partial charge in [-0.05, 0) is 25.1 Å². The third-order valence-electron chi connectivity index (χ3n) is 4.28. The smallest absolute Gasteiger partial charge is 0.358 e. The number of amides is 2. The Morgan fingerprint density at radius 2 is 1.72 bits per heavy atom. The van der Waals surface area contributed by atoms with Crippen molar-refractivity contribution < 1.29 is 26.4 Å². The first kappa shape index (κ1) is 20.7. The van der Waals surface area contributed by atoms with Crippen molar-refractivity contribution in [3.05, 3.63) is 59.8 Å². The summed E-state index contributed by atoms with van der Waals surface area (Å²) in [6.45, 7) is 1.38. The van der Waals surface area contributed by atoms with Gasteiger partial charge in [0.1, 0.15) is 0 Å². The second-order valence-electron chi connectivity index (χ2n) is 6.37. The number of alkyl halides is 3. The highest BCUT2D eigenvalue weighted by Gasteiger charge is 2.33. The van der Waals surface area contributed by atoms with Gasteiger partial charge in [0.15, 0.2) is 9.84 Å². The Bertz CT molecular complexity index is 1150. The molecular formula is C19H18F3N3O3S. The molecule has 3 rings (SSSR count). The van der Waals surface area contributed by atoms with E-state index in [1.54, 1.807) is 31.2 Å². The second kappa shape index (κ2) is 7.78. The van der Waals surface area contributed by atoms with E-state index in [1.807, 2.05) is 0 Å². The molecule has 3 N–H and O–H groups in total. The van der Waals surface area contributed by atoms with Crippen LogP contribution in [-0.4, -0.2) is 31.7 Å². The summed E-state index contributed by atoms with van der Waals surface area (Å²) in [5.41, 5.74) is -0.238. The van der Waals surface area contributed by atoms with Crippen LogP contribution in [0.3, 0.4) is 0 Å². The van der Waals surface area contributed by atoms with Crippen molar-refractivity contribution in [3.63, 3.8) is 0 Å². The third kappa shape index (κ3) is 4.53. The minimum Gasteiger partial charge on any atom is -0.358 e. The van der Waals surface area contributed by atoms with Gasteiger partial charge >= 0.3 is 12.2 Å². The molecule has 3 aromatic rings. The van der Waals surface area contributed by atoms with E-state index in [1.165, 1.54) is 12.1 Å². The van der Waals surface area contributed by atoms with E-state index >= 15 is 0 Å². The van der Waals surface area contributed by atoms with Gasteiger partial charge in [0.05, 0.1) is 21.9 Å². The van der Waals surface area contributed by atoms with Gasteiger partial charge in [0, 0.05) is 23.1 Å². The molecule has 0 aliphatic heterocycles. The lowest BCUT2D eigenvalue weighted by molar-refractivity contribution is -0.136. The summed E-state index contributed by atoms with van der Waals surface area (Å²) in [5.74, 6) is -0.399. The molecule has 10 heteroatoms. The number of hydrogen-bond acceptors (Lipinski definition) is 3. The van der Waals surface area contributed by atoms with Crippen molar-refractivity contribution in [1.29, 1.82) is 0 Å². The lowest BCUT2D eigenvalue weighted by atomic mass is 10.1. The van der Waals surface area contributed by atoms with Gasteiger partial charge in [0.2, 0.25) is 0 Å². The molecule has 29 heavy (non-hydrogen) atoms. The largest absolute Gasteiger partial charge is 0.418 e. The van der Waals surface area contributed by atoms with Gasteiger partial charge in [-0.25, -0.2) is 13.2 Å². The normalized spacial score (nSPS) is 12.1. The number of nitrogens with one attached hydrogen (secondary N) is 3.